The molecular formula is C22H38N2O2S. The summed E-state index contributed by atoms with van der Waals surface area (Å²) in [4.78, 5) is 10.1. The summed E-state index contributed by atoms with van der Waals surface area (Å²) in [7, 11) is 0. The maximum absolute atomic E-state index is 10.4. The highest BCUT2D eigenvalue weighted by atomic mass is 32.2. The molecule has 0 rings (SSSR count). The van der Waals surface area contributed by atoms with E-state index >= 15 is 0 Å². The van der Waals surface area contributed by atoms with Crippen molar-refractivity contribution in [3.05, 3.63) is 57.3 Å². The Balaban J connectivity index is 3.90. The second-order valence-electron chi connectivity index (χ2n) is 7.45. The van der Waals surface area contributed by atoms with Gasteiger partial charge in [0.2, 0.25) is 6.54 Å². The molecule has 0 bridgehead atoms. The van der Waals surface area contributed by atoms with Crippen LogP contribution < -0.4 is 5.32 Å². The average molecular weight is 395 g/mol. The van der Waals surface area contributed by atoms with Gasteiger partial charge < -0.3 is 5.32 Å². The lowest BCUT2D eigenvalue weighted by Crippen LogP contribution is -2.28. The molecule has 0 saturated carbocycles. The van der Waals surface area contributed by atoms with Crippen LogP contribution in [-0.4, -0.2) is 29.0 Å². The van der Waals surface area contributed by atoms with Crippen LogP contribution in [0.5, 0.6) is 0 Å². The van der Waals surface area contributed by atoms with E-state index in [1.165, 1.54) is 16.7 Å². The zero-order chi connectivity index (χ0) is 20.7. The number of nitro groups is 1. The minimum atomic E-state index is -0.306. The van der Waals surface area contributed by atoms with Gasteiger partial charge in [-0.05, 0) is 60.3 Å². The first-order valence-electron chi connectivity index (χ1n) is 9.79. The summed E-state index contributed by atoms with van der Waals surface area (Å²) in [5.74, 6) is 1.97. The number of rotatable bonds is 15. The van der Waals surface area contributed by atoms with Crippen LogP contribution in [0.3, 0.4) is 0 Å². The molecule has 1 unspecified atom stereocenters. The molecule has 4 nitrogen and oxygen atoms in total. The van der Waals surface area contributed by atoms with E-state index in [0.717, 1.165) is 42.9 Å². The van der Waals surface area contributed by atoms with Crippen LogP contribution in [-0.2, 0) is 0 Å². The summed E-state index contributed by atoms with van der Waals surface area (Å²) in [6, 6.07) is 0.273. The summed E-state index contributed by atoms with van der Waals surface area (Å²) in [6.07, 6.45) is 11.9. The summed E-state index contributed by atoms with van der Waals surface area (Å²) in [5.41, 5.74) is 5.06. The van der Waals surface area contributed by atoms with Crippen LogP contribution in [0, 0.1) is 10.1 Å². The van der Waals surface area contributed by atoms with Crippen LogP contribution in [0.4, 0.5) is 0 Å². The van der Waals surface area contributed by atoms with E-state index in [2.05, 4.69) is 64.7 Å². The van der Waals surface area contributed by atoms with Gasteiger partial charge in [-0.1, -0.05) is 41.5 Å². The molecule has 1 N–H and O–H groups in total. The van der Waals surface area contributed by atoms with Crippen molar-refractivity contribution in [1.29, 1.82) is 0 Å². The van der Waals surface area contributed by atoms with Crippen molar-refractivity contribution in [2.45, 2.75) is 72.8 Å². The van der Waals surface area contributed by atoms with Gasteiger partial charge in [0.25, 0.3) is 0 Å². The summed E-state index contributed by atoms with van der Waals surface area (Å²) >= 11 is 1.87. The van der Waals surface area contributed by atoms with Crippen LogP contribution in [0.25, 0.3) is 0 Å². The molecule has 0 aliphatic rings. The lowest BCUT2D eigenvalue weighted by molar-refractivity contribution is -0.479. The van der Waals surface area contributed by atoms with Crippen LogP contribution >= 0.6 is 11.8 Å². The minimum Gasteiger partial charge on any atom is -0.385 e. The molecule has 154 valence electrons. The molecule has 0 aliphatic carbocycles. The maximum atomic E-state index is 10.4. The summed E-state index contributed by atoms with van der Waals surface area (Å²) < 4.78 is 0. The molecule has 0 fully saturated rings. The zero-order valence-corrected chi connectivity index (χ0v) is 18.7. The number of nitrogens with zero attached hydrogens (tertiary/aromatic N) is 1. The first-order chi connectivity index (χ1) is 12.7. The predicted octanol–water partition coefficient (Wildman–Crippen LogP) is 6.30. The largest absolute Gasteiger partial charge is 0.385 e. The molecule has 0 heterocycles. The Morgan fingerprint density at radius 2 is 1.67 bits per heavy atom. The Morgan fingerprint density at radius 3 is 2.26 bits per heavy atom. The Morgan fingerprint density at radius 1 is 1.07 bits per heavy atom. The van der Waals surface area contributed by atoms with Gasteiger partial charge in [0.15, 0.2) is 0 Å². The van der Waals surface area contributed by atoms with Gasteiger partial charge in [0.05, 0.1) is 6.42 Å². The van der Waals surface area contributed by atoms with E-state index in [1.807, 2.05) is 11.8 Å². The molecule has 0 amide bonds. The Hall–Kier alpha value is -1.49. The Labute approximate surface area is 170 Å². The van der Waals surface area contributed by atoms with E-state index in [1.54, 1.807) is 0 Å². The second-order valence-corrected chi connectivity index (χ2v) is 8.53. The lowest BCUT2D eigenvalue weighted by Gasteiger charge is -2.15. The molecular weight excluding hydrogens is 356 g/mol. The lowest BCUT2D eigenvalue weighted by atomic mass is 10.1. The fourth-order valence-electron chi connectivity index (χ4n) is 2.47. The molecule has 0 aliphatic heterocycles. The molecule has 0 aromatic heterocycles. The van der Waals surface area contributed by atoms with Gasteiger partial charge in [-0.25, -0.2) is 0 Å². The highest BCUT2D eigenvalue weighted by Crippen LogP contribution is 2.13. The van der Waals surface area contributed by atoms with Gasteiger partial charge in [-0.3, -0.25) is 10.1 Å². The number of thioether (sulfide) groups is 1. The van der Waals surface area contributed by atoms with E-state index in [9.17, 15) is 10.1 Å². The van der Waals surface area contributed by atoms with Crippen molar-refractivity contribution in [3.8, 4) is 0 Å². The van der Waals surface area contributed by atoms with Crippen LogP contribution in [0.1, 0.15) is 66.7 Å². The van der Waals surface area contributed by atoms with Gasteiger partial charge in [0.1, 0.15) is 0 Å². The summed E-state index contributed by atoms with van der Waals surface area (Å²) in [6.45, 7) is 14.6. The van der Waals surface area contributed by atoms with Crippen molar-refractivity contribution in [2.75, 3.05) is 18.1 Å². The van der Waals surface area contributed by atoms with E-state index in [4.69, 9.17) is 0 Å². The monoisotopic (exact) mass is 394 g/mol. The quantitative estimate of drug-likeness (QED) is 0.153. The smallest absolute Gasteiger partial charge is 0.209 e. The van der Waals surface area contributed by atoms with Crippen molar-refractivity contribution >= 4 is 11.8 Å². The van der Waals surface area contributed by atoms with Gasteiger partial charge in [0, 0.05) is 28.2 Å². The Kier molecular flexibility index (Phi) is 14.7. The van der Waals surface area contributed by atoms with E-state index in [-0.39, 0.29) is 17.5 Å². The fraction of sp³-hybridized carbons (Fsp3) is 0.636. The number of nitrogens with one attached hydrogen (secondary N) is 1. The van der Waals surface area contributed by atoms with Crippen molar-refractivity contribution in [2.24, 2.45) is 0 Å². The van der Waals surface area contributed by atoms with Gasteiger partial charge in [-0.2, -0.15) is 11.8 Å². The first-order valence-corrected chi connectivity index (χ1v) is 10.9. The molecule has 1 atom stereocenters. The van der Waals surface area contributed by atoms with Crippen molar-refractivity contribution < 1.29 is 4.92 Å². The van der Waals surface area contributed by atoms with Crippen LogP contribution in [0.15, 0.2) is 47.2 Å². The van der Waals surface area contributed by atoms with Crippen molar-refractivity contribution in [3.63, 3.8) is 0 Å². The third kappa shape index (κ3) is 17.7. The number of allylic oxidation sites excluding steroid dienone is 5. The van der Waals surface area contributed by atoms with Crippen LogP contribution in [0.2, 0.25) is 0 Å². The standard InChI is InChI=1S/C22H38N2O2S/c1-18(2)9-7-10-19(3)11-8-12-20(4)14-16-27-17-22(6)23-21(5)13-15-24(25)26/h9,11,14,22-23H,5,7-8,10,12-13,15-17H2,1-4,6H3/b19-11+,20-14+. The van der Waals surface area contributed by atoms with Gasteiger partial charge in [-0.15, -0.1) is 0 Å². The molecule has 27 heavy (non-hydrogen) atoms. The zero-order valence-electron chi connectivity index (χ0n) is 17.8. The molecule has 0 aromatic carbocycles. The van der Waals surface area contributed by atoms with Crippen molar-refractivity contribution in [1.82, 2.24) is 5.32 Å². The number of hydrogen-bond acceptors (Lipinski definition) is 4. The highest BCUT2D eigenvalue weighted by molar-refractivity contribution is 7.99. The third-order valence-electron chi connectivity index (χ3n) is 4.09. The fourth-order valence-corrected chi connectivity index (χ4v) is 3.45. The average Bonchev–Trinajstić information content (AvgIpc) is 2.56. The molecule has 0 spiro atoms. The topological polar surface area (TPSA) is 55.2 Å². The van der Waals surface area contributed by atoms with E-state index in [0.29, 0.717) is 6.42 Å². The maximum Gasteiger partial charge on any atom is 0.209 e. The van der Waals surface area contributed by atoms with E-state index < -0.39 is 0 Å². The molecule has 0 aromatic rings. The minimum absolute atomic E-state index is 0.0590. The molecule has 5 heteroatoms. The number of hydrogen-bond donors (Lipinski definition) is 1. The predicted molar refractivity (Wildman–Crippen MR) is 121 cm³/mol. The molecule has 0 radical (unpaired) electrons. The first kappa shape index (κ1) is 25.5. The second kappa shape index (κ2) is 15.6. The normalized spacial score (nSPS) is 13.2. The third-order valence-corrected chi connectivity index (χ3v) is 5.22. The molecule has 0 saturated heterocycles. The van der Waals surface area contributed by atoms with Gasteiger partial charge >= 0.3 is 0 Å². The SMILES string of the molecule is C=C(CC[N+](=O)[O-])NC(C)CSC/C=C(\C)CC/C=C(\C)CCC=C(C)C. The Bertz CT molecular complexity index is 547. The highest BCUT2D eigenvalue weighted by Gasteiger charge is 2.05. The summed E-state index contributed by atoms with van der Waals surface area (Å²) in [5, 5.41) is 13.6.